The van der Waals surface area contributed by atoms with Gasteiger partial charge < -0.3 is 10.5 Å². The number of benzene rings is 1. The summed E-state index contributed by atoms with van der Waals surface area (Å²) in [5.74, 6) is -1.38. The molecule has 2 N–H and O–H groups in total. The van der Waals surface area contributed by atoms with Crippen LogP contribution in [0.2, 0.25) is 0 Å². The minimum atomic E-state index is -3.73. The molecule has 7 heteroatoms. The summed E-state index contributed by atoms with van der Waals surface area (Å²) in [5, 5.41) is 0. The molecule has 1 aliphatic rings. The van der Waals surface area contributed by atoms with Crippen LogP contribution in [0.4, 0.5) is 11.4 Å². The lowest BCUT2D eigenvalue weighted by molar-refractivity contribution is -0.139. The van der Waals surface area contributed by atoms with Gasteiger partial charge in [0.15, 0.2) is 5.75 Å². The van der Waals surface area contributed by atoms with Crippen molar-refractivity contribution in [3.8, 4) is 0 Å². The Morgan fingerprint density at radius 2 is 2.20 bits per heavy atom. The number of carbonyl (C=O) groups excluding carboxylic acids is 1. The number of nitrogens with two attached hydrogens (primary N) is 1. The minimum absolute atomic E-state index is 0.165. The quantitative estimate of drug-likeness (QED) is 0.659. The van der Waals surface area contributed by atoms with Crippen molar-refractivity contribution in [2.45, 2.75) is 19.8 Å². The Kier molecular flexibility index (Phi) is 4.17. The van der Waals surface area contributed by atoms with Gasteiger partial charge in [-0.25, -0.2) is 8.42 Å². The molecule has 0 bridgehead atoms. The Balaban J connectivity index is 2.31. The summed E-state index contributed by atoms with van der Waals surface area (Å²) in [6.45, 7) is 2.16. The van der Waals surface area contributed by atoms with Crippen molar-refractivity contribution < 1.29 is 17.9 Å². The Labute approximate surface area is 118 Å². The Hall–Kier alpha value is -1.76. The van der Waals surface area contributed by atoms with Crippen molar-refractivity contribution in [1.82, 2.24) is 0 Å². The van der Waals surface area contributed by atoms with Gasteiger partial charge in [0.05, 0.1) is 12.3 Å². The first kappa shape index (κ1) is 14.6. The number of hydrogen-bond donors (Lipinski definition) is 1. The topological polar surface area (TPSA) is 89.7 Å². The molecule has 1 aromatic rings. The average molecular weight is 298 g/mol. The number of anilines is 2. The number of nitrogens with zero attached hydrogens (tertiary/aromatic N) is 1. The SMILES string of the molecule is CCOC(=O)CS(=O)(=O)N1CCCc2c(N)cccc21. The first-order valence-corrected chi connectivity index (χ1v) is 8.10. The number of ether oxygens (including phenoxy) is 1. The van der Waals surface area contributed by atoms with E-state index in [4.69, 9.17) is 10.5 Å². The molecule has 110 valence electrons. The molecule has 0 fully saturated rings. The van der Waals surface area contributed by atoms with E-state index in [1.807, 2.05) is 0 Å². The highest BCUT2D eigenvalue weighted by atomic mass is 32.2. The van der Waals surface area contributed by atoms with Crippen LogP contribution in [0.5, 0.6) is 0 Å². The van der Waals surface area contributed by atoms with Gasteiger partial charge in [0, 0.05) is 12.2 Å². The van der Waals surface area contributed by atoms with Crippen LogP contribution >= 0.6 is 0 Å². The molecule has 0 saturated carbocycles. The molecule has 0 saturated heterocycles. The third-order valence-electron chi connectivity index (χ3n) is 3.19. The van der Waals surface area contributed by atoms with Crippen molar-refractivity contribution >= 4 is 27.4 Å². The van der Waals surface area contributed by atoms with Crippen LogP contribution in [0, 0.1) is 0 Å². The van der Waals surface area contributed by atoms with Gasteiger partial charge >= 0.3 is 5.97 Å². The van der Waals surface area contributed by atoms with Crippen LogP contribution in [0.3, 0.4) is 0 Å². The highest BCUT2D eigenvalue weighted by Gasteiger charge is 2.30. The third-order valence-corrected chi connectivity index (χ3v) is 4.84. The molecular formula is C13H18N2O4S. The molecule has 0 spiro atoms. The highest BCUT2D eigenvalue weighted by Crippen LogP contribution is 2.33. The van der Waals surface area contributed by atoms with Crippen molar-refractivity contribution in [3.05, 3.63) is 23.8 Å². The van der Waals surface area contributed by atoms with Crippen LogP contribution in [0.15, 0.2) is 18.2 Å². The number of carbonyl (C=O) groups is 1. The molecule has 1 aromatic carbocycles. The van der Waals surface area contributed by atoms with Gasteiger partial charge in [0.2, 0.25) is 10.0 Å². The zero-order chi connectivity index (χ0) is 14.8. The Morgan fingerprint density at radius 1 is 1.45 bits per heavy atom. The smallest absolute Gasteiger partial charge is 0.323 e. The minimum Gasteiger partial charge on any atom is -0.465 e. The maximum atomic E-state index is 12.3. The van der Waals surface area contributed by atoms with E-state index in [1.54, 1.807) is 25.1 Å². The Bertz CT molecular complexity index is 613. The first-order chi connectivity index (χ1) is 9.45. The molecule has 0 radical (unpaired) electrons. The van der Waals surface area contributed by atoms with E-state index in [9.17, 15) is 13.2 Å². The average Bonchev–Trinajstić information content (AvgIpc) is 2.38. The van der Waals surface area contributed by atoms with Gasteiger partial charge in [0.25, 0.3) is 0 Å². The number of fused-ring (bicyclic) bond motifs is 1. The number of rotatable bonds is 4. The molecular weight excluding hydrogens is 280 g/mol. The van der Waals surface area contributed by atoms with Gasteiger partial charge in [-0.15, -0.1) is 0 Å². The summed E-state index contributed by atoms with van der Waals surface area (Å²) >= 11 is 0. The molecule has 0 atom stereocenters. The van der Waals surface area contributed by atoms with E-state index < -0.39 is 21.7 Å². The standard InChI is InChI=1S/C13H18N2O4S/c1-2-19-13(16)9-20(17,18)15-8-4-5-10-11(14)6-3-7-12(10)15/h3,6-7H,2,4-5,8-9,14H2,1H3. The summed E-state index contributed by atoms with van der Waals surface area (Å²) in [5.41, 5.74) is 7.86. The molecule has 0 aromatic heterocycles. The van der Waals surface area contributed by atoms with Gasteiger partial charge in [-0.1, -0.05) is 6.07 Å². The number of hydrogen-bond acceptors (Lipinski definition) is 5. The fourth-order valence-corrected chi connectivity index (χ4v) is 3.75. The van der Waals surface area contributed by atoms with Crippen molar-refractivity contribution in [3.63, 3.8) is 0 Å². The van der Waals surface area contributed by atoms with Crippen LogP contribution < -0.4 is 10.0 Å². The van der Waals surface area contributed by atoms with Crippen molar-refractivity contribution in [1.29, 1.82) is 0 Å². The zero-order valence-electron chi connectivity index (χ0n) is 11.3. The van der Waals surface area contributed by atoms with Gasteiger partial charge in [-0.2, -0.15) is 0 Å². The molecule has 6 nitrogen and oxygen atoms in total. The fraction of sp³-hybridized carbons (Fsp3) is 0.462. The summed E-state index contributed by atoms with van der Waals surface area (Å²) in [7, 11) is -3.73. The summed E-state index contributed by atoms with van der Waals surface area (Å²) in [6.07, 6.45) is 1.43. The second kappa shape index (κ2) is 5.70. The molecule has 1 heterocycles. The van der Waals surface area contributed by atoms with E-state index in [1.165, 1.54) is 4.31 Å². The highest BCUT2D eigenvalue weighted by molar-refractivity contribution is 7.93. The summed E-state index contributed by atoms with van der Waals surface area (Å²) in [6, 6.07) is 5.18. The normalized spacial score (nSPS) is 14.8. The van der Waals surface area contributed by atoms with Gasteiger partial charge in [-0.05, 0) is 37.5 Å². The lowest BCUT2D eigenvalue weighted by Gasteiger charge is -2.30. The monoisotopic (exact) mass is 298 g/mol. The molecule has 20 heavy (non-hydrogen) atoms. The van der Waals surface area contributed by atoms with Crippen LogP contribution in [-0.2, 0) is 26.0 Å². The largest absolute Gasteiger partial charge is 0.465 e. The van der Waals surface area contributed by atoms with E-state index in [-0.39, 0.29) is 6.61 Å². The molecule has 0 unspecified atom stereocenters. The second-order valence-electron chi connectivity index (χ2n) is 4.58. The van der Waals surface area contributed by atoms with Crippen LogP contribution in [0.1, 0.15) is 18.9 Å². The van der Waals surface area contributed by atoms with E-state index in [2.05, 4.69) is 0 Å². The van der Waals surface area contributed by atoms with E-state index >= 15 is 0 Å². The number of sulfonamides is 1. The van der Waals surface area contributed by atoms with E-state index in [0.717, 1.165) is 12.0 Å². The van der Waals surface area contributed by atoms with Crippen molar-refractivity contribution in [2.75, 3.05) is 28.9 Å². The lowest BCUT2D eigenvalue weighted by Crippen LogP contribution is -2.39. The maximum Gasteiger partial charge on any atom is 0.323 e. The third kappa shape index (κ3) is 2.87. The van der Waals surface area contributed by atoms with E-state index in [0.29, 0.717) is 24.3 Å². The van der Waals surface area contributed by atoms with Crippen molar-refractivity contribution in [2.24, 2.45) is 0 Å². The number of nitrogen functional groups attached to an aromatic ring is 1. The number of esters is 1. The fourth-order valence-electron chi connectivity index (χ4n) is 2.34. The van der Waals surface area contributed by atoms with Crippen LogP contribution in [-0.4, -0.2) is 33.3 Å². The Morgan fingerprint density at radius 3 is 2.90 bits per heavy atom. The molecule has 0 aliphatic carbocycles. The summed E-state index contributed by atoms with van der Waals surface area (Å²) < 4.78 is 30.6. The summed E-state index contributed by atoms with van der Waals surface area (Å²) in [4.78, 5) is 11.4. The molecule has 0 amide bonds. The maximum absolute atomic E-state index is 12.3. The molecule has 1 aliphatic heterocycles. The first-order valence-electron chi connectivity index (χ1n) is 6.49. The second-order valence-corrected chi connectivity index (χ2v) is 6.48. The molecule has 2 rings (SSSR count). The lowest BCUT2D eigenvalue weighted by atomic mass is 10.0. The van der Waals surface area contributed by atoms with Gasteiger partial charge in [0.1, 0.15) is 0 Å². The zero-order valence-corrected chi connectivity index (χ0v) is 12.1. The van der Waals surface area contributed by atoms with Crippen LogP contribution in [0.25, 0.3) is 0 Å². The van der Waals surface area contributed by atoms with Gasteiger partial charge in [-0.3, -0.25) is 9.10 Å². The predicted molar refractivity (Wildman–Crippen MR) is 76.9 cm³/mol. The predicted octanol–water partition coefficient (Wildman–Crippen LogP) is 0.914.